The molecule has 9 N–H and O–H groups in total. The summed E-state index contributed by atoms with van der Waals surface area (Å²) in [6, 6.07) is 6.04. The molecule has 3 amide bonds. The summed E-state index contributed by atoms with van der Waals surface area (Å²) >= 11 is 6.10. The highest BCUT2D eigenvalue weighted by Gasteiger charge is 2.23. The Labute approximate surface area is 616 Å². The van der Waals surface area contributed by atoms with Gasteiger partial charge >= 0.3 is 23.9 Å². The molecule has 16 nitrogen and oxygen atoms in total. The number of amides is 3. The number of carboxylic acid groups (broad SMARTS) is 4. The summed E-state index contributed by atoms with van der Waals surface area (Å²) in [5, 5.41) is 56.9. The molecule has 2 unspecified atom stereocenters. The topological polar surface area (TPSA) is 273 Å². The molecule has 560 valence electrons. The number of aromatic hydroxyl groups is 1. The van der Waals surface area contributed by atoms with E-state index in [4.69, 9.17) is 5.11 Å². The zero-order chi connectivity index (χ0) is 74.8. The van der Waals surface area contributed by atoms with Crippen molar-refractivity contribution in [3.8, 4) is 5.75 Å². The lowest BCUT2D eigenvalue weighted by Crippen LogP contribution is -2.43. The van der Waals surface area contributed by atoms with Gasteiger partial charge in [-0.2, -0.15) is 35.3 Å². The molecule has 2 aromatic heterocycles. The lowest BCUT2D eigenvalue weighted by Gasteiger charge is -2.15. The molecule has 2 heterocycles. The van der Waals surface area contributed by atoms with Crippen LogP contribution in [0, 0.1) is 17.8 Å². The molecule has 3 rings (SSSR count). The fourth-order valence-electron chi connectivity index (χ4n) is 10.3. The number of aliphatic carboxylic acids is 4. The number of aromatic amines is 1. The van der Waals surface area contributed by atoms with Crippen molar-refractivity contribution in [2.75, 3.05) is 34.5 Å². The van der Waals surface area contributed by atoms with E-state index in [-0.39, 0.29) is 42.6 Å². The van der Waals surface area contributed by atoms with Gasteiger partial charge < -0.3 is 46.5 Å². The van der Waals surface area contributed by atoms with E-state index in [1.165, 1.54) is 126 Å². The van der Waals surface area contributed by atoms with Crippen molar-refractivity contribution in [2.45, 2.75) is 249 Å². The number of phenolic OH excluding ortho intramolecular Hbond substituents is 1. The molecule has 0 aliphatic carbocycles. The molecule has 0 radical (unpaired) electrons. The summed E-state index contributed by atoms with van der Waals surface area (Å²) in [7, 11) is 0. The monoisotopic (exact) mass is 1460 g/mol. The Morgan fingerprint density at radius 1 is 0.490 bits per heavy atom. The Balaban J connectivity index is 0.000000752. The van der Waals surface area contributed by atoms with E-state index in [2.05, 4.69) is 153 Å². The van der Waals surface area contributed by atoms with E-state index in [1.54, 1.807) is 35.7 Å². The molecule has 0 saturated carbocycles. The van der Waals surface area contributed by atoms with Gasteiger partial charge in [-0.05, 0) is 186 Å². The first-order valence-corrected chi connectivity index (χ1v) is 40.2. The molecule has 100 heavy (non-hydrogen) atoms. The Kier molecular flexibility index (Phi) is 50.8. The fraction of sp³-hybridized carbons (Fsp3) is 0.588. The van der Waals surface area contributed by atoms with Crippen LogP contribution in [0.2, 0.25) is 0 Å². The number of aryl methyl sites for hydroxylation is 1. The molecule has 0 aliphatic heterocycles. The van der Waals surface area contributed by atoms with Crippen LogP contribution in [0.25, 0.3) is 10.9 Å². The number of carbonyl (C=O) groups excluding carboxylic acids is 3. The van der Waals surface area contributed by atoms with Crippen LogP contribution in [0.3, 0.4) is 0 Å². The number of carboxylic acids is 4. The second-order valence-corrected chi connectivity index (χ2v) is 31.8. The van der Waals surface area contributed by atoms with Gasteiger partial charge in [0.2, 0.25) is 17.7 Å². The van der Waals surface area contributed by atoms with Crippen LogP contribution in [-0.4, -0.2) is 125 Å². The van der Waals surface area contributed by atoms with Crippen molar-refractivity contribution in [3.63, 3.8) is 0 Å². The number of hydrogen-bond acceptors (Lipinski definition) is 12. The van der Waals surface area contributed by atoms with Crippen LogP contribution in [-0.2, 0) is 46.4 Å². The van der Waals surface area contributed by atoms with Crippen LogP contribution in [0.1, 0.15) is 229 Å². The van der Waals surface area contributed by atoms with E-state index in [0.29, 0.717) is 41.4 Å². The Bertz CT molecular complexity index is 3110. The van der Waals surface area contributed by atoms with Crippen LogP contribution in [0.5, 0.6) is 5.75 Å². The van der Waals surface area contributed by atoms with Crippen LogP contribution < -0.4 is 16.0 Å². The van der Waals surface area contributed by atoms with E-state index in [1.807, 2.05) is 17.5 Å². The van der Waals surface area contributed by atoms with E-state index in [0.717, 1.165) is 97.1 Å². The molecule has 0 fully saturated rings. The van der Waals surface area contributed by atoms with Gasteiger partial charge in [0.1, 0.15) is 23.9 Å². The number of aromatic nitrogens is 1. The second kappa shape index (κ2) is 55.4. The van der Waals surface area contributed by atoms with Crippen molar-refractivity contribution in [3.05, 3.63) is 134 Å². The number of hydrogen-bond donors (Lipinski definition) is 9. The quantitative estimate of drug-likeness (QED) is 0.0188. The summed E-state index contributed by atoms with van der Waals surface area (Å²) in [6.45, 7) is 28.5. The number of benzene rings is 1. The van der Waals surface area contributed by atoms with E-state index >= 15 is 0 Å². The molecule has 0 saturated heterocycles. The van der Waals surface area contributed by atoms with Gasteiger partial charge in [0.25, 0.3) is 0 Å². The van der Waals surface area contributed by atoms with Gasteiger partial charge in [0, 0.05) is 69.3 Å². The number of thioether (sulfide) groups is 3. The highest BCUT2D eigenvalue weighted by molar-refractivity contribution is 7.99. The summed E-state index contributed by atoms with van der Waals surface area (Å²) < 4.78 is 0. The minimum Gasteiger partial charge on any atom is -0.508 e. The molecule has 1 aromatic carbocycles. The first-order valence-electron chi connectivity index (χ1n) is 35.8. The van der Waals surface area contributed by atoms with Crippen LogP contribution in [0.4, 0.5) is 0 Å². The lowest BCUT2D eigenvalue weighted by molar-refractivity contribution is -0.142. The maximum atomic E-state index is 12.5. The highest BCUT2D eigenvalue weighted by atomic mass is 32.2. The lowest BCUT2D eigenvalue weighted by atomic mass is 9.91. The Morgan fingerprint density at radius 2 is 0.910 bits per heavy atom. The maximum absolute atomic E-state index is 12.5. The smallest absolute Gasteiger partial charge is 0.327 e. The third kappa shape index (κ3) is 49.4. The number of allylic oxidation sites excluding steroid dienone is 11. The minimum atomic E-state index is -1.10. The average Bonchev–Trinajstić information content (AvgIpc) is 1.68. The summed E-state index contributed by atoms with van der Waals surface area (Å²) in [4.78, 5) is 85.4. The minimum absolute atomic E-state index is 0.0399. The molecular weight excluding hydrogens is 1340 g/mol. The number of carbonyl (C=O) groups is 7. The molecule has 5 atom stereocenters. The van der Waals surface area contributed by atoms with Gasteiger partial charge in [0.05, 0.1) is 12.8 Å². The van der Waals surface area contributed by atoms with Crippen LogP contribution >= 0.6 is 46.6 Å². The number of thiophene rings is 1. The first-order chi connectivity index (χ1) is 47.4. The molecule has 0 bridgehead atoms. The van der Waals surface area contributed by atoms with Gasteiger partial charge in [-0.1, -0.05) is 160 Å². The first kappa shape index (κ1) is 91.8. The maximum Gasteiger partial charge on any atom is 0.327 e. The third-order valence-corrected chi connectivity index (χ3v) is 20.5. The zero-order valence-electron chi connectivity index (χ0n) is 62.6. The predicted octanol–water partition coefficient (Wildman–Crippen LogP) is 19.1. The molecule has 0 spiro atoms. The highest BCUT2D eigenvalue weighted by Crippen LogP contribution is 2.25. The van der Waals surface area contributed by atoms with Crippen molar-refractivity contribution in [2.24, 2.45) is 17.8 Å². The van der Waals surface area contributed by atoms with E-state index in [9.17, 15) is 54.0 Å². The SMILES string of the molecule is C/C(=C\CSC[C@H](NC(=O)CCC(=O)O)C(=O)O)CCCC(C)CCCC(C)CCCC(C)C.CC(C)=CCC/C(C)=C/CC/C(C)=C/CSC[C@H](NC(=O)CCc1cccs1)C(=O)O.CC(C)=CCC/C(C)=C/CC/C(C)=C/CSC[C@H](NC(=O)Cc1c[nH]c2ccc(O)cc12)C(=O)O. The second-order valence-electron chi connectivity index (χ2n) is 27.5. The number of rotatable bonds is 50. The molecule has 20 heteroatoms. The molecule has 3 aromatic rings. The van der Waals surface area contributed by atoms with Gasteiger partial charge in [-0.3, -0.25) is 19.2 Å². The third-order valence-electron chi connectivity index (χ3n) is 16.6. The van der Waals surface area contributed by atoms with Crippen molar-refractivity contribution < 1.29 is 59.1 Å². The normalized spacial score (nSPS) is 13.6. The number of nitrogens with one attached hydrogen (secondary N) is 4. The zero-order valence-corrected chi connectivity index (χ0v) is 65.8. The Morgan fingerprint density at radius 3 is 1.34 bits per heavy atom. The number of fused-ring (bicyclic) bond motifs is 1. The molecule has 0 aliphatic rings. The predicted molar refractivity (Wildman–Crippen MR) is 423 cm³/mol. The fourth-order valence-corrected chi connectivity index (χ4v) is 14.1. The largest absolute Gasteiger partial charge is 0.508 e. The molecular formula is C80H124N4O12S4. The van der Waals surface area contributed by atoms with E-state index < -0.39 is 47.9 Å². The van der Waals surface area contributed by atoms with Gasteiger partial charge in [0.15, 0.2) is 0 Å². The summed E-state index contributed by atoms with van der Waals surface area (Å²) in [6.07, 6.45) is 37.7. The van der Waals surface area contributed by atoms with Crippen LogP contribution in [0.15, 0.2) is 123 Å². The number of phenols is 1. The Hall–Kier alpha value is -6.22. The average molecular weight is 1460 g/mol. The van der Waals surface area contributed by atoms with Crippen molar-refractivity contribution in [1.29, 1.82) is 0 Å². The van der Waals surface area contributed by atoms with Crippen molar-refractivity contribution >= 4 is 99.1 Å². The van der Waals surface area contributed by atoms with Crippen molar-refractivity contribution in [1.82, 2.24) is 20.9 Å². The standard InChI is InChI=1S/C28H38N2O4S.C27H49NO5S.C25H37NO3S2/c1-19(2)7-5-8-20(3)9-6-10-21(4)13-14-35-18-26(28(33)34)30-27(32)15-22-17-29-25-12-11-23(31)16-24(22)25;1-20(2)9-6-10-21(3)11-7-12-22(4)13-8-14-23(5)17-18-34-19-24(27(32)33)28-25(29)15-16-26(30)31;1-19(2)8-5-9-20(3)10-6-11-21(4)15-17-30-18-23(25(28)29)26-24(27)14-13-22-12-7-16-31-22/h7,9,11-13,16-17,26,29,31H,5-6,8,10,14-15,18H2,1-4H3,(H,30,32)(H,33,34);17,20-22,24H,6-16,18-19H2,1-5H3,(H,28,29)(H,30,31)(H,32,33);7-8,10,12,15-16,23H,5-6,9,11,13-14,17-18H2,1-4H3,(H,26,27)(H,28,29)/b20-9+,21-13+;23-17+;20-10+,21-15+/t26-;21?,22?,24-;23-/m000/s1. The summed E-state index contributed by atoms with van der Waals surface area (Å²) in [5.41, 5.74) is 11.0. The summed E-state index contributed by atoms with van der Waals surface area (Å²) in [5.74, 6) is 0.289. The van der Waals surface area contributed by atoms with Gasteiger partial charge in [-0.15, -0.1) is 11.3 Å². The number of H-pyrrole nitrogens is 1. The van der Waals surface area contributed by atoms with Gasteiger partial charge in [-0.25, -0.2) is 14.4 Å².